The van der Waals surface area contributed by atoms with Crippen LogP contribution in [0.1, 0.15) is 39.3 Å². The van der Waals surface area contributed by atoms with Crippen LogP contribution in [0.15, 0.2) is 6.07 Å². The third kappa shape index (κ3) is 4.96. The number of aryl methyl sites for hydroxylation is 1. The van der Waals surface area contributed by atoms with E-state index >= 15 is 0 Å². The summed E-state index contributed by atoms with van der Waals surface area (Å²) >= 11 is 6.02. The first-order chi connectivity index (χ1) is 10.7. The molecular weight excluding hydrogens is 316 g/mol. The fourth-order valence-corrected chi connectivity index (χ4v) is 2.83. The highest BCUT2D eigenvalue weighted by molar-refractivity contribution is 6.29. The zero-order chi connectivity index (χ0) is 17.2. The Balaban J connectivity index is 2.06. The summed E-state index contributed by atoms with van der Waals surface area (Å²) in [7, 11) is 1.94. The summed E-state index contributed by atoms with van der Waals surface area (Å²) in [5.74, 6) is 0.589. The van der Waals surface area contributed by atoms with E-state index in [0.29, 0.717) is 24.2 Å². The first kappa shape index (κ1) is 17.8. The lowest BCUT2D eigenvalue weighted by molar-refractivity contribution is 0.0199. The van der Waals surface area contributed by atoms with Crippen molar-refractivity contribution in [1.82, 2.24) is 14.9 Å². The minimum Gasteiger partial charge on any atom is -0.444 e. The molecule has 0 aromatic carbocycles. The zero-order valence-electron chi connectivity index (χ0n) is 14.5. The van der Waals surface area contributed by atoms with E-state index in [1.807, 2.05) is 39.6 Å². The molecule has 0 saturated carbocycles. The van der Waals surface area contributed by atoms with Gasteiger partial charge in [-0.05, 0) is 46.6 Å². The molecule has 1 saturated heterocycles. The summed E-state index contributed by atoms with van der Waals surface area (Å²) < 4.78 is 5.47. The van der Waals surface area contributed by atoms with Crippen molar-refractivity contribution in [3.8, 4) is 0 Å². The Hall–Kier alpha value is -1.56. The third-order valence-electron chi connectivity index (χ3n) is 3.72. The van der Waals surface area contributed by atoms with Crippen molar-refractivity contribution in [2.75, 3.05) is 25.0 Å². The molecule has 0 N–H and O–H groups in total. The second kappa shape index (κ2) is 6.91. The fraction of sp³-hybridized carbons (Fsp3) is 0.688. The summed E-state index contributed by atoms with van der Waals surface area (Å²) in [6.45, 7) is 8.83. The molecule has 1 aliphatic rings. The van der Waals surface area contributed by atoms with Crippen LogP contribution in [-0.2, 0) is 4.74 Å². The van der Waals surface area contributed by atoms with Gasteiger partial charge in [0.2, 0.25) is 5.95 Å². The van der Waals surface area contributed by atoms with Crippen molar-refractivity contribution in [1.29, 1.82) is 0 Å². The van der Waals surface area contributed by atoms with Gasteiger partial charge in [-0.25, -0.2) is 14.8 Å². The number of hydrogen-bond acceptors (Lipinski definition) is 5. The lowest BCUT2D eigenvalue weighted by atomic mass is 10.1. The largest absolute Gasteiger partial charge is 0.444 e. The Kier molecular flexibility index (Phi) is 5.34. The molecule has 6 nitrogen and oxygen atoms in total. The van der Waals surface area contributed by atoms with Gasteiger partial charge >= 0.3 is 6.09 Å². The lowest BCUT2D eigenvalue weighted by Crippen LogP contribution is -2.50. The fourth-order valence-electron chi connectivity index (χ4n) is 2.60. The number of amides is 1. The predicted octanol–water partition coefficient (Wildman–Crippen LogP) is 3.27. The van der Waals surface area contributed by atoms with Crippen LogP contribution in [-0.4, -0.2) is 52.7 Å². The van der Waals surface area contributed by atoms with Gasteiger partial charge < -0.3 is 14.5 Å². The highest BCUT2D eigenvalue weighted by Gasteiger charge is 2.30. The second-order valence-corrected chi connectivity index (χ2v) is 7.35. The molecule has 23 heavy (non-hydrogen) atoms. The molecular formula is C16H25ClN4O2. The molecule has 1 unspecified atom stereocenters. The number of ether oxygens (including phenoxy) is 1. The Bertz CT molecular complexity index is 553. The van der Waals surface area contributed by atoms with Crippen molar-refractivity contribution in [3.05, 3.63) is 16.9 Å². The molecule has 1 fully saturated rings. The van der Waals surface area contributed by atoms with Gasteiger partial charge in [-0.1, -0.05) is 11.6 Å². The summed E-state index contributed by atoms with van der Waals surface area (Å²) in [6.07, 6.45) is 1.64. The highest BCUT2D eigenvalue weighted by Crippen LogP contribution is 2.22. The Morgan fingerprint density at radius 2 is 2.13 bits per heavy atom. The van der Waals surface area contributed by atoms with E-state index in [9.17, 15) is 4.79 Å². The standard InChI is InChI=1S/C16H25ClN4O2/c1-11-9-13(17)19-14(18-11)20(5)12-7-6-8-21(10-12)15(22)23-16(2,3)4/h9,12H,6-8,10H2,1-5H3. The number of halogens is 1. The van der Waals surface area contributed by atoms with E-state index in [1.54, 1.807) is 11.0 Å². The van der Waals surface area contributed by atoms with Crippen LogP contribution in [0.25, 0.3) is 0 Å². The number of hydrogen-bond donors (Lipinski definition) is 0. The average Bonchev–Trinajstić information content (AvgIpc) is 2.44. The van der Waals surface area contributed by atoms with Gasteiger partial charge in [-0.3, -0.25) is 0 Å². The minimum atomic E-state index is -0.483. The summed E-state index contributed by atoms with van der Waals surface area (Å²) in [6, 6.07) is 1.88. The molecule has 2 rings (SSSR count). The molecule has 2 heterocycles. The van der Waals surface area contributed by atoms with E-state index < -0.39 is 5.60 Å². The van der Waals surface area contributed by atoms with E-state index in [1.165, 1.54) is 0 Å². The quantitative estimate of drug-likeness (QED) is 0.773. The Labute approximate surface area is 142 Å². The van der Waals surface area contributed by atoms with Crippen molar-refractivity contribution in [2.45, 2.75) is 52.2 Å². The summed E-state index contributed by atoms with van der Waals surface area (Å²) in [4.78, 5) is 24.7. The number of nitrogens with zero attached hydrogens (tertiary/aromatic N) is 4. The first-order valence-electron chi connectivity index (χ1n) is 7.87. The zero-order valence-corrected chi connectivity index (χ0v) is 15.2. The molecule has 1 aliphatic heterocycles. The van der Waals surface area contributed by atoms with Gasteiger partial charge in [0.05, 0.1) is 0 Å². The summed E-state index contributed by atoms with van der Waals surface area (Å²) in [5.41, 5.74) is 0.343. The van der Waals surface area contributed by atoms with Gasteiger partial charge in [-0.2, -0.15) is 0 Å². The smallest absolute Gasteiger partial charge is 0.410 e. The highest BCUT2D eigenvalue weighted by atomic mass is 35.5. The minimum absolute atomic E-state index is 0.147. The maximum Gasteiger partial charge on any atom is 0.410 e. The van der Waals surface area contributed by atoms with E-state index in [2.05, 4.69) is 9.97 Å². The monoisotopic (exact) mass is 340 g/mol. The predicted molar refractivity (Wildman–Crippen MR) is 91.0 cm³/mol. The van der Waals surface area contributed by atoms with Gasteiger partial charge in [-0.15, -0.1) is 0 Å². The van der Waals surface area contributed by atoms with Crippen LogP contribution in [0.4, 0.5) is 10.7 Å². The number of carbonyl (C=O) groups is 1. The van der Waals surface area contributed by atoms with Gasteiger partial charge in [0.15, 0.2) is 0 Å². The van der Waals surface area contributed by atoms with Crippen LogP contribution in [0, 0.1) is 6.92 Å². The number of carbonyl (C=O) groups excluding carboxylic acids is 1. The first-order valence-corrected chi connectivity index (χ1v) is 8.25. The van der Waals surface area contributed by atoms with Crippen LogP contribution in [0.2, 0.25) is 5.15 Å². The topological polar surface area (TPSA) is 58.6 Å². The van der Waals surface area contributed by atoms with Crippen molar-refractivity contribution < 1.29 is 9.53 Å². The molecule has 128 valence electrons. The molecule has 1 atom stereocenters. The average molecular weight is 341 g/mol. The molecule has 1 aromatic heterocycles. The second-order valence-electron chi connectivity index (χ2n) is 6.97. The number of rotatable bonds is 2. The normalized spacial score (nSPS) is 18.7. The Morgan fingerprint density at radius 1 is 1.43 bits per heavy atom. The van der Waals surface area contributed by atoms with Crippen molar-refractivity contribution >= 4 is 23.6 Å². The van der Waals surface area contributed by atoms with Gasteiger partial charge in [0.1, 0.15) is 10.8 Å². The Morgan fingerprint density at radius 3 is 2.74 bits per heavy atom. The van der Waals surface area contributed by atoms with E-state index in [-0.39, 0.29) is 12.1 Å². The van der Waals surface area contributed by atoms with Gasteiger partial charge in [0, 0.05) is 31.9 Å². The number of likely N-dealkylation sites (N-methyl/N-ethyl adjacent to an activating group) is 1. The number of anilines is 1. The van der Waals surface area contributed by atoms with Crippen molar-refractivity contribution in [3.63, 3.8) is 0 Å². The van der Waals surface area contributed by atoms with E-state index in [4.69, 9.17) is 16.3 Å². The molecule has 0 aliphatic carbocycles. The molecule has 1 aromatic rings. The molecule has 7 heteroatoms. The van der Waals surface area contributed by atoms with Crippen LogP contribution < -0.4 is 4.90 Å². The van der Waals surface area contributed by atoms with Crippen LogP contribution in [0.3, 0.4) is 0 Å². The number of piperidine rings is 1. The number of aromatic nitrogens is 2. The SMILES string of the molecule is Cc1cc(Cl)nc(N(C)C2CCCN(C(=O)OC(C)(C)C)C2)n1. The maximum absolute atomic E-state index is 12.3. The maximum atomic E-state index is 12.3. The molecule has 1 amide bonds. The van der Waals surface area contributed by atoms with Gasteiger partial charge in [0.25, 0.3) is 0 Å². The van der Waals surface area contributed by atoms with Crippen LogP contribution in [0.5, 0.6) is 0 Å². The summed E-state index contributed by atoms with van der Waals surface area (Å²) in [5, 5.41) is 0.430. The van der Waals surface area contributed by atoms with Crippen molar-refractivity contribution in [2.24, 2.45) is 0 Å². The van der Waals surface area contributed by atoms with Crippen LogP contribution >= 0.6 is 11.6 Å². The molecule has 0 radical (unpaired) electrons. The number of likely N-dealkylation sites (tertiary alicyclic amines) is 1. The third-order valence-corrected chi connectivity index (χ3v) is 3.92. The lowest BCUT2D eigenvalue weighted by Gasteiger charge is -2.38. The molecule has 0 bridgehead atoms. The van der Waals surface area contributed by atoms with E-state index in [0.717, 1.165) is 18.5 Å². The molecule has 0 spiro atoms.